The number of rotatable bonds is 4. The second-order valence-electron chi connectivity index (χ2n) is 4.34. The third kappa shape index (κ3) is 3.10. The predicted molar refractivity (Wildman–Crippen MR) is 63.1 cm³/mol. The van der Waals surface area contributed by atoms with Crippen LogP contribution in [0.3, 0.4) is 0 Å². The molecule has 0 saturated carbocycles. The van der Waals surface area contributed by atoms with Crippen molar-refractivity contribution >= 4 is 5.91 Å². The summed E-state index contributed by atoms with van der Waals surface area (Å²) in [5.74, 6) is 1.89. The van der Waals surface area contributed by atoms with Crippen molar-refractivity contribution in [2.24, 2.45) is 0 Å². The van der Waals surface area contributed by atoms with E-state index in [0.717, 1.165) is 11.5 Å². The van der Waals surface area contributed by atoms with Gasteiger partial charge in [0.1, 0.15) is 11.5 Å². The van der Waals surface area contributed by atoms with Gasteiger partial charge in [0.05, 0.1) is 12.6 Å². The Morgan fingerprint density at radius 1 is 1.38 bits per heavy atom. The Labute approximate surface area is 96.8 Å². The molecule has 1 rings (SSSR count). The lowest BCUT2D eigenvalue weighted by Crippen LogP contribution is -2.42. The summed E-state index contributed by atoms with van der Waals surface area (Å²) in [7, 11) is 5.46. The molecule has 1 amide bonds. The van der Waals surface area contributed by atoms with Gasteiger partial charge in [-0.1, -0.05) is 0 Å². The van der Waals surface area contributed by atoms with E-state index in [-0.39, 0.29) is 11.9 Å². The maximum atomic E-state index is 11.7. The molecule has 0 aliphatic heterocycles. The first-order chi connectivity index (χ1) is 7.41. The summed E-state index contributed by atoms with van der Waals surface area (Å²) in [6, 6.07) is 3.74. The van der Waals surface area contributed by atoms with Crippen LogP contribution >= 0.6 is 0 Å². The van der Waals surface area contributed by atoms with Gasteiger partial charge >= 0.3 is 0 Å². The molecule has 0 saturated heterocycles. The molecule has 0 aromatic carbocycles. The maximum absolute atomic E-state index is 11.7. The fourth-order valence-corrected chi connectivity index (χ4v) is 1.52. The number of likely N-dealkylation sites (N-methyl/N-ethyl adjacent to an activating group) is 2. The highest BCUT2D eigenvalue weighted by atomic mass is 16.3. The molecule has 0 fully saturated rings. The van der Waals surface area contributed by atoms with Crippen LogP contribution in [0.25, 0.3) is 0 Å². The molecule has 4 nitrogen and oxygen atoms in total. The number of hydrogen-bond acceptors (Lipinski definition) is 3. The lowest BCUT2D eigenvalue weighted by atomic mass is 10.2. The normalized spacial score (nSPS) is 12.9. The van der Waals surface area contributed by atoms with Crippen LogP contribution in [0.4, 0.5) is 0 Å². The minimum atomic E-state index is -0.139. The zero-order valence-corrected chi connectivity index (χ0v) is 10.7. The van der Waals surface area contributed by atoms with Gasteiger partial charge in [0.2, 0.25) is 5.91 Å². The second-order valence-corrected chi connectivity index (χ2v) is 4.34. The van der Waals surface area contributed by atoms with Gasteiger partial charge in [0.25, 0.3) is 0 Å². The summed E-state index contributed by atoms with van der Waals surface area (Å²) < 4.78 is 5.48. The van der Waals surface area contributed by atoms with Gasteiger partial charge < -0.3 is 9.32 Å². The average Bonchev–Trinajstić information content (AvgIpc) is 2.61. The predicted octanol–water partition coefficient (Wildman–Crippen LogP) is 1.50. The summed E-state index contributed by atoms with van der Waals surface area (Å²) in [5.41, 5.74) is 0. The zero-order valence-electron chi connectivity index (χ0n) is 10.7. The Balaban J connectivity index is 2.58. The molecule has 1 aromatic rings. The highest BCUT2D eigenvalue weighted by Crippen LogP contribution is 2.11. The highest BCUT2D eigenvalue weighted by Gasteiger charge is 2.20. The van der Waals surface area contributed by atoms with Crippen LogP contribution < -0.4 is 0 Å². The molecule has 1 aromatic heterocycles. The Kier molecular flexibility index (Phi) is 4.12. The van der Waals surface area contributed by atoms with E-state index >= 15 is 0 Å². The number of aryl methyl sites for hydroxylation is 1. The molecule has 1 unspecified atom stereocenters. The monoisotopic (exact) mass is 224 g/mol. The molecule has 90 valence electrons. The summed E-state index contributed by atoms with van der Waals surface area (Å²) >= 11 is 0. The van der Waals surface area contributed by atoms with E-state index < -0.39 is 0 Å². The molecular formula is C12H20N2O2. The van der Waals surface area contributed by atoms with Crippen LogP contribution in [-0.2, 0) is 11.3 Å². The third-order valence-electron chi connectivity index (χ3n) is 2.66. The number of amides is 1. The fraction of sp³-hybridized carbons (Fsp3) is 0.583. The Bertz CT molecular complexity index is 358. The van der Waals surface area contributed by atoms with Gasteiger partial charge in [-0.2, -0.15) is 0 Å². The maximum Gasteiger partial charge on any atom is 0.239 e. The number of nitrogens with zero attached hydrogens (tertiary/aromatic N) is 2. The standard InChI is InChI=1S/C12H20N2O2/c1-9-6-7-11(16-9)8-14(5)10(2)12(15)13(3)4/h6-7,10H,8H2,1-5H3. The lowest BCUT2D eigenvalue weighted by Gasteiger charge is -2.25. The topological polar surface area (TPSA) is 36.7 Å². The summed E-state index contributed by atoms with van der Waals surface area (Å²) in [5, 5.41) is 0. The van der Waals surface area contributed by atoms with Crippen molar-refractivity contribution in [2.45, 2.75) is 26.4 Å². The molecule has 16 heavy (non-hydrogen) atoms. The molecule has 1 atom stereocenters. The van der Waals surface area contributed by atoms with Crippen LogP contribution in [0.5, 0.6) is 0 Å². The second kappa shape index (κ2) is 5.16. The Morgan fingerprint density at radius 3 is 2.44 bits per heavy atom. The van der Waals surface area contributed by atoms with Gasteiger partial charge in [-0.3, -0.25) is 9.69 Å². The first kappa shape index (κ1) is 12.8. The van der Waals surface area contributed by atoms with Crippen molar-refractivity contribution < 1.29 is 9.21 Å². The Hall–Kier alpha value is -1.29. The average molecular weight is 224 g/mol. The van der Waals surface area contributed by atoms with Crippen LogP contribution in [0.1, 0.15) is 18.4 Å². The van der Waals surface area contributed by atoms with E-state index in [1.54, 1.807) is 19.0 Å². The Morgan fingerprint density at radius 2 is 2.00 bits per heavy atom. The number of carbonyl (C=O) groups excluding carboxylic acids is 1. The molecule has 4 heteroatoms. The van der Waals surface area contributed by atoms with Crippen molar-refractivity contribution in [1.82, 2.24) is 9.80 Å². The zero-order chi connectivity index (χ0) is 12.3. The number of carbonyl (C=O) groups is 1. The van der Waals surface area contributed by atoms with Crippen molar-refractivity contribution in [1.29, 1.82) is 0 Å². The summed E-state index contributed by atoms with van der Waals surface area (Å²) in [6.45, 7) is 4.46. The van der Waals surface area contributed by atoms with E-state index in [1.165, 1.54) is 0 Å². The van der Waals surface area contributed by atoms with Crippen LogP contribution in [0.2, 0.25) is 0 Å². The van der Waals surface area contributed by atoms with Crippen LogP contribution in [0, 0.1) is 6.92 Å². The molecule has 0 spiro atoms. The van der Waals surface area contributed by atoms with Crippen LogP contribution in [-0.4, -0.2) is 42.9 Å². The molecule has 0 aliphatic carbocycles. The van der Waals surface area contributed by atoms with Crippen molar-refractivity contribution in [3.8, 4) is 0 Å². The quantitative estimate of drug-likeness (QED) is 0.777. The molecular weight excluding hydrogens is 204 g/mol. The van der Waals surface area contributed by atoms with Gasteiger partial charge in [-0.15, -0.1) is 0 Å². The van der Waals surface area contributed by atoms with E-state index in [4.69, 9.17) is 4.42 Å². The third-order valence-corrected chi connectivity index (χ3v) is 2.66. The smallest absolute Gasteiger partial charge is 0.239 e. The number of hydrogen-bond donors (Lipinski definition) is 0. The number of furan rings is 1. The highest BCUT2D eigenvalue weighted by molar-refractivity contribution is 5.80. The lowest BCUT2D eigenvalue weighted by molar-refractivity contribution is -0.133. The van der Waals surface area contributed by atoms with E-state index in [2.05, 4.69) is 0 Å². The van der Waals surface area contributed by atoms with Crippen LogP contribution in [0.15, 0.2) is 16.5 Å². The first-order valence-corrected chi connectivity index (χ1v) is 5.38. The van der Waals surface area contributed by atoms with Gasteiger partial charge in [0.15, 0.2) is 0 Å². The minimum Gasteiger partial charge on any atom is -0.465 e. The SMILES string of the molecule is Cc1ccc(CN(C)C(C)C(=O)N(C)C)o1. The van der Waals surface area contributed by atoms with E-state index in [0.29, 0.717) is 6.54 Å². The first-order valence-electron chi connectivity index (χ1n) is 5.38. The van der Waals surface area contributed by atoms with Gasteiger partial charge in [0, 0.05) is 14.1 Å². The van der Waals surface area contributed by atoms with Crippen molar-refractivity contribution in [3.05, 3.63) is 23.7 Å². The van der Waals surface area contributed by atoms with Gasteiger partial charge in [-0.05, 0) is 33.0 Å². The fourth-order valence-electron chi connectivity index (χ4n) is 1.52. The molecule has 0 N–H and O–H groups in total. The molecule has 0 aliphatic rings. The molecule has 0 radical (unpaired) electrons. The molecule has 1 heterocycles. The minimum absolute atomic E-state index is 0.103. The summed E-state index contributed by atoms with van der Waals surface area (Å²) in [6.07, 6.45) is 0. The summed E-state index contributed by atoms with van der Waals surface area (Å²) in [4.78, 5) is 15.3. The largest absolute Gasteiger partial charge is 0.465 e. The van der Waals surface area contributed by atoms with E-state index in [9.17, 15) is 4.79 Å². The van der Waals surface area contributed by atoms with E-state index in [1.807, 2.05) is 37.9 Å². The van der Waals surface area contributed by atoms with Gasteiger partial charge in [-0.25, -0.2) is 0 Å². The van der Waals surface area contributed by atoms with Crippen molar-refractivity contribution in [2.75, 3.05) is 21.1 Å². The molecule has 0 bridgehead atoms. The van der Waals surface area contributed by atoms with Crippen molar-refractivity contribution in [3.63, 3.8) is 0 Å².